The molecular formula is C38H65NO9. The standard InChI is InChI=1S/C38H65NO9/c1-10-12-26(39-37(42)48-38(7,8)9)20-28-14-16-30(43-28)22(3)34-23(4)31-18-19-33(46-31)25(6)35(40)45-27(13-11-2)21-29-15-17-32(44-29)24(5)36(41)47-34/h22-34H,10-21H2,1-9H3,(H,39,42)/t22-,23+,24+,25-,26+,27-,28-,29+,30+,31+,32-,33-,34-/m0/s1. The normalized spacial score (nSPS) is 37.8. The molecule has 0 aliphatic carbocycles. The highest BCUT2D eigenvalue weighted by Crippen LogP contribution is 2.39. The van der Waals surface area contributed by atoms with Crippen LogP contribution in [0.5, 0.6) is 0 Å². The molecule has 4 aliphatic heterocycles. The number of esters is 2. The van der Waals surface area contributed by atoms with Gasteiger partial charge >= 0.3 is 18.0 Å². The Morgan fingerprint density at radius 2 is 1.48 bits per heavy atom. The van der Waals surface area contributed by atoms with Crippen LogP contribution in [0.25, 0.3) is 0 Å². The topological polar surface area (TPSA) is 119 Å². The van der Waals surface area contributed by atoms with Crippen LogP contribution in [0.1, 0.15) is 139 Å². The Hall–Kier alpha value is -1.91. The number of carbonyl (C=O) groups excluding carboxylic acids is 3. The number of alkyl carbamates (subject to hydrolysis) is 1. The molecule has 0 aromatic carbocycles. The Labute approximate surface area is 289 Å². The molecule has 10 nitrogen and oxygen atoms in total. The molecule has 0 saturated carbocycles. The fourth-order valence-electron chi connectivity index (χ4n) is 8.17. The zero-order chi connectivity index (χ0) is 35.2. The highest BCUT2D eigenvalue weighted by Gasteiger charge is 2.46. The van der Waals surface area contributed by atoms with E-state index in [1.165, 1.54) is 0 Å². The maximum absolute atomic E-state index is 13.8. The van der Waals surface area contributed by atoms with Crippen molar-refractivity contribution >= 4 is 18.0 Å². The SMILES string of the molecule is CCC[C@H](C[C@@H]1CC[C@H]([C@H](C)[C@@H]2OC(=O)[C@H](C)[C@@H]3CC[C@H](C[C@H](CCC)OC(=O)[C@@H](C)[C@@H]4CC[C@@H](O4)[C@H]2C)O3)O1)NC(=O)OC(C)(C)C. The molecule has 0 radical (unpaired) electrons. The van der Waals surface area contributed by atoms with Crippen LogP contribution >= 0.6 is 0 Å². The number of hydrogen-bond acceptors (Lipinski definition) is 9. The molecule has 4 aliphatic rings. The van der Waals surface area contributed by atoms with Gasteiger partial charge in [-0.15, -0.1) is 0 Å². The summed E-state index contributed by atoms with van der Waals surface area (Å²) < 4.78 is 37.7. The predicted octanol–water partition coefficient (Wildman–Crippen LogP) is 7.28. The highest BCUT2D eigenvalue weighted by molar-refractivity contribution is 5.73. The summed E-state index contributed by atoms with van der Waals surface area (Å²) in [5.41, 5.74) is -0.560. The molecule has 276 valence electrons. The third-order valence-corrected chi connectivity index (χ3v) is 11.0. The fourth-order valence-corrected chi connectivity index (χ4v) is 8.17. The predicted molar refractivity (Wildman–Crippen MR) is 182 cm³/mol. The molecule has 13 atom stereocenters. The number of carbonyl (C=O) groups is 3. The second-order valence-electron chi connectivity index (χ2n) is 16.2. The molecule has 1 N–H and O–H groups in total. The lowest BCUT2D eigenvalue weighted by atomic mass is 9.84. The van der Waals surface area contributed by atoms with Gasteiger partial charge in [-0.2, -0.15) is 0 Å². The summed E-state index contributed by atoms with van der Waals surface area (Å²) in [6.07, 6.45) is 7.85. The summed E-state index contributed by atoms with van der Waals surface area (Å²) in [4.78, 5) is 39.7. The molecule has 1 amide bonds. The van der Waals surface area contributed by atoms with E-state index in [2.05, 4.69) is 33.0 Å². The van der Waals surface area contributed by atoms with Gasteiger partial charge in [0.2, 0.25) is 0 Å². The van der Waals surface area contributed by atoms with Crippen LogP contribution in [0.2, 0.25) is 0 Å². The Bertz CT molecular complexity index is 1060. The van der Waals surface area contributed by atoms with E-state index in [-0.39, 0.29) is 78.5 Å². The zero-order valence-corrected chi connectivity index (χ0v) is 31.2. The number of rotatable bonds is 9. The second kappa shape index (κ2) is 17.3. The van der Waals surface area contributed by atoms with Gasteiger partial charge < -0.3 is 33.7 Å². The van der Waals surface area contributed by atoms with Crippen LogP contribution in [0.3, 0.4) is 0 Å². The summed E-state index contributed by atoms with van der Waals surface area (Å²) in [5, 5.41) is 3.06. The minimum absolute atomic E-state index is 0.0145. The summed E-state index contributed by atoms with van der Waals surface area (Å²) in [6.45, 7) is 17.8. The van der Waals surface area contributed by atoms with Crippen molar-refractivity contribution in [3.8, 4) is 0 Å². The first-order valence-corrected chi connectivity index (χ1v) is 19.1. The Balaban J connectivity index is 1.48. The van der Waals surface area contributed by atoms with Crippen molar-refractivity contribution < 1.29 is 42.8 Å². The molecule has 0 aromatic heterocycles. The molecule has 0 aromatic rings. The third-order valence-electron chi connectivity index (χ3n) is 11.0. The number of ether oxygens (including phenoxy) is 6. The van der Waals surface area contributed by atoms with E-state index in [0.717, 1.165) is 64.2 Å². The minimum Gasteiger partial charge on any atom is -0.462 e. The van der Waals surface area contributed by atoms with Crippen LogP contribution in [-0.2, 0) is 38.0 Å². The number of cyclic esters (lactones) is 2. The number of nitrogens with one attached hydrogen (secondary N) is 1. The molecule has 48 heavy (non-hydrogen) atoms. The Morgan fingerprint density at radius 3 is 2.15 bits per heavy atom. The lowest BCUT2D eigenvalue weighted by Gasteiger charge is -2.36. The second-order valence-corrected chi connectivity index (χ2v) is 16.2. The molecule has 0 unspecified atom stereocenters. The van der Waals surface area contributed by atoms with E-state index in [4.69, 9.17) is 28.4 Å². The molecule has 0 spiro atoms. The smallest absolute Gasteiger partial charge is 0.407 e. The summed E-state index contributed by atoms with van der Waals surface area (Å²) in [6, 6.07) is -0.0471. The molecule has 10 heteroatoms. The van der Waals surface area contributed by atoms with Crippen LogP contribution < -0.4 is 5.32 Å². The monoisotopic (exact) mass is 679 g/mol. The molecule has 4 saturated heterocycles. The number of fused-ring (bicyclic) bond motifs is 4. The molecule has 4 fully saturated rings. The fraction of sp³-hybridized carbons (Fsp3) is 0.921. The average Bonchev–Trinajstić information content (AvgIpc) is 3.79. The minimum atomic E-state index is -0.560. The van der Waals surface area contributed by atoms with Gasteiger partial charge in [0.1, 0.15) is 17.8 Å². The van der Waals surface area contributed by atoms with Gasteiger partial charge in [-0.25, -0.2) is 4.79 Å². The molecule has 4 bridgehead atoms. The maximum atomic E-state index is 13.8. The van der Waals surface area contributed by atoms with E-state index in [1.54, 1.807) is 0 Å². The van der Waals surface area contributed by atoms with Gasteiger partial charge in [-0.1, -0.05) is 40.5 Å². The van der Waals surface area contributed by atoms with Crippen LogP contribution in [0.4, 0.5) is 4.79 Å². The van der Waals surface area contributed by atoms with E-state index in [0.29, 0.717) is 12.8 Å². The van der Waals surface area contributed by atoms with E-state index in [9.17, 15) is 14.4 Å². The van der Waals surface area contributed by atoms with Crippen molar-refractivity contribution in [2.45, 2.75) is 200 Å². The quantitative estimate of drug-likeness (QED) is 0.198. The van der Waals surface area contributed by atoms with Gasteiger partial charge in [-0.3, -0.25) is 9.59 Å². The van der Waals surface area contributed by atoms with Crippen molar-refractivity contribution in [3.63, 3.8) is 0 Å². The van der Waals surface area contributed by atoms with E-state index in [1.807, 2.05) is 34.6 Å². The summed E-state index contributed by atoms with van der Waals surface area (Å²) in [7, 11) is 0. The first-order chi connectivity index (χ1) is 22.7. The average molecular weight is 680 g/mol. The van der Waals surface area contributed by atoms with Crippen molar-refractivity contribution in [2.75, 3.05) is 0 Å². The first-order valence-electron chi connectivity index (χ1n) is 19.1. The summed E-state index contributed by atoms with van der Waals surface area (Å²) in [5.74, 6) is -1.43. The zero-order valence-electron chi connectivity index (χ0n) is 31.2. The largest absolute Gasteiger partial charge is 0.462 e. The van der Waals surface area contributed by atoms with Crippen molar-refractivity contribution in [1.82, 2.24) is 5.32 Å². The van der Waals surface area contributed by atoms with E-state index >= 15 is 0 Å². The van der Waals surface area contributed by atoms with Gasteiger partial charge in [0.05, 0.1) is 48.5 Å². The van der Waals surface area contributed by atoms with Crippen LogP contribution in [-0.4, -0.2) is 78.5 Å². The lowest BCUT2D eigenvalue weighted by Crippen LogP contribution is -2.44. The molecular weight excluding hydrogens is 614 g/mol. The van der Waals surface area contributed by atoms with Gasteiger partial charge in [0.15, 0.2) is 0 Å². The Kier molecular flexibility index (Phi) is 14.1. The number of amides is 1. The number of hydrogen-bond donors (Lipinski definition) is 1. The van der Waals surface area contributed by atoms with Gasteiger partial charge in [0.25, 0.3) is 0 Å². The van der Waals surface area contributed by atoms with Crippen molar-refractivity contribution in [3.05, 3.63) is 0 Å². The van der Waals surface area contributed by atoms with E-state index < -0.39 is 23.7 Å². The van der Waals surface area contributed by atoms with Crippen LogP contribution in [0, 0.1) is 23.7 Å². The van der Waals surface area contributed by atoms with Crippen molar-refractivity contribution in [1.29, 1.82) is 0 Å². The van der Waals surface area contributed by atoms with Crippen molar-refractivity contribution in [2.24, 2.45) is 23.7 Å². The molecule has 4 heterocycles. The summed E-state index contributed by atoms with van der Waals surface area (Å²) >= 11 is 0. The molecule has 4 rings (SSSR count). The maximum Gasteiger partial charge on any atom is 0.407 e. The van der Waals surface area contributed by atoms with Crippen LogP contribution in [0.15, 0.2) is 0 Å². The third kappa shape index (κ3) is 10.5. The first kappa shape index (κ1) is 38.9. The lowest BCUT2D eigenvalue weighted by molar-refractivity contribution is -0.175. The highest BCUT2D eigenvalue weighted by atomic mass is 16.6. The van der Waals surface area contributed by atoms with Gasteiger partial charge in [0, 0.05) is 24.3 Å². The Morgan fingerprint density at radius 1 is 0.833 bits per heavy atom. The van der Waals surface area contributed by atoms with Gasteiger partial charge in [-0.05, 0) is 92.4 Å².